The van der Waals surface area contributed by atoms with Crippen LogP contribution in [0.4, 0.5) is 5.69 Å². The van der Waals surface area contributed by atoms with Gasteiger partial charge >= 0.3 is 0 Å². The standard InChI is InChI=1S/C22H22ClNO2/c1-16-5-3-6-17(13-16)15-26-22-18(7-4-8-21(22)25-2)14-24-20-11-9-19(23)10-12-20/h3-13,24H,14-15H2,1-2H3. The molecule has 0 fully saturated rings. The van der Waals surface area contributed by atoms with Crippen LogP contribution in [0.15, 0.2) is 66.7 Å². The summed E-state index contributed by atoms with van der Waals surface area (Å²) in [5, 5.41) is 4.11. The lowest BCUT2D eigenvalue weighted by Gasteiger charge is -2.16. The molecule has 3 aromatic rings. The summed E-state index contributed by atoms with van der Waals surface area (Å²) in [6.45, 7) is 3.20. The molecule has 0 atom stereocenters. The largest absolute Gasteiger partial charge is 0.493 e. The topological polar surface area (TPSA) is 30.5 Å². The Bertz CT molecular complexity index is 862. The summed E-state index contributed by atoms with van der Waals surface area (Å²) in [5.74, 6) is 1.49. The number of para-hydroxylation sites is 1. The van der Waals surface area contributed by atoms with Crippen molar-refractivity contribution >= 4 is 17.3 Å². The molecule has 0 unspecified atom stereocenters. The number of nitrogens with one attached hydrogen (secondary N) is 1. The number of hydrogen-bond acceptors (Lipinski definition) is 3. The normalized spacial score (nSPS) is 10.4. The highest BCUT2D eigenvalue weighted by atomic mass is 35.5. The second kappa shape index (κ2) is 8.63. The molecule has 134 valence electrons. The minimum Gasteiger partial charge on any atom is -0.493 e. The van der Waals surface area contributed by atoms with Gasteiger partial charge < -0.3 is 14.8 Å². The van der Waals surface area contributed by atoms with Gasteiger partial charge in [0.25, 0.3) is 0 Å². The van der Waals surface area contributed by atoms with Crippen LogP contribution in [0.2, 0.25) is 5.02 Å². The maximum absolute atomic E-state index is 6.12. The van der Waals surface area contributed by atoms with Crippen LogP contribution < -0.4 is 14.8 Å². The lowest BCUT2D eigenvalue weighted by atomic mass is 10.1. The number of anilines is 1. The van der Waals surface area contributed by atoms with E-state index >= 15 is 0 Å². The molecule has 0 aliphatic rings. The van der Waals surface area contributed by atoms with E-state index in [2.05, 4.69) is 30.4 Å². The van der Waals surface area contributed by atoms with Crippen LogP contribution in [0.5, 0.6) is 11.5 Å². The molecule has 0 aliphatic carbocycles. The fourth-order valence-corrected chi connectivity index (χ4v) is 2.87. The minimum atomic E-state index is 0.496. The fourth-order valence-electron chi connectivity index (χ4n) is 2.75. The third-order valence-corrected chi connectivity index (χ3v) is 4.33. The number of ether oxygens (including phenoxy) is 2. The molecule has 3 nitrogen and oxygen atoms in total. The smallest absolute Gasteiger partial charge is 0.166 e. The van der Waals surface area contributed by atoms with Gasteiger partial charge in [-0.15, -0.1) is 0 Å². The highest BCUT2D eigenvalue weighted by molar-refractivity contribution is 6.30. The molecule has 3 aromatic carbocycles. The average Bonchev–Trinajstić information content (AvgIpc) is 2.66. The minimum absolute atomic E-state index is 0.496. The van der Waals surface area contributed by atoms with E-state index in [0.29, 0.717) is 13.2 Å². The van der Waals surface area contributed by atoms with E-state index in [-0.39, 0.29) is 0 Å². The zero-order chi connectivity index (χ0) is 18.4. The van der Waals surface area contributed by atoms with Crippen LogP contribution in [0, 0.1) is 6.92 Å². The second-order valence-corrected chi connectivity index (χ2v) is 6.52. The summed E-state index contributed by atoms with van der Waals surface area (Å²) >= 11 is 5.94. The molecule has 0 aliphatic heterocycles. The summed E-state index contributed by atoms with van der Waals surface area (Å²) in [6.07, 6.45) is 0. The molecule has 0 saturated heterocycles. The van der Waals surface area contributed by atoms with E-state index in [1.54, 1.807) is 7.11 Å². The van der Waals surface area contributed by atoms with Crippen molar-refractivity contribution in [1.29, 1.82) is 0 Å². The molecule has 4 heteroatoms. The predicted molar refractivity (Wildman–Crippen MR) is 107 cm³/mol. The molecule has 0 amide bonds. The first-order valence-corrected chi connectivity index (χ1v) is 8.87. The van der Waals surface area contributed by atoms with Crippen LogP contribution in [-0.2, 0) is 13.2 Å². The van der Waals surface area contributed by atoms with Gasteiger partial charge in [0.1, 0.15) is 6.61 Å². The van der Waals surface area contributed by atoms with E-state index in [4.69, 9.17) is 21.1 Å². The van der Waals surface area contributed by atoms with Crippen LogP contribution in [0.25, 0.3) is 0 Å². The lowest BCUT2D eigenvalue weighted by Crippen LogP contribution is -2.05. The summed E-state index contributed by atoms with van der Waals surface area (Å²) in [4.78, 5) is 0. The zero-order valence-electron chi connectivity index (χ0n) is 15.0. The second-order valence-electron chi connectivity index (χ2n) is 6.09. The van der Waals surface area contributed by atoms with Gasteiger partial charge in [0, 0.05) is 22.8 Å². The van der Waals surface area contributed by atoms with Gasteiger partial charge in [0.05, 0.1) is 7.11 Å². The Morgan fingerprint density at radius 2 is 1.73 bits per heavy atom. The molecule has 0 spiro atoms. The van der Waals surface area contributed by atoms with E-state index in [9.17, 15) is 0 Å². The number of rotatable bonds is 7. The first kappa shape index (κ1) is 18.2. The fraction of sp³-hybridized carbons (Fsp3) is 0.182. The number of hydrogen-bond donors (Lipinski definition) is 1. The highest BCUT2D eigenvalue weighted by Crippen LogP contribution is 2.32. The van der Waals surface area contributed by atoms with Crippen molar-refractivity contribution in [2.24, 2.45) is 0 Å². The lowest BCUT2D eigenvalue weighted by molar-refractivity contribution is 0.281. The molecule has 0 aromatic heterocycles. The van der Waals surface area contributed by atoms with Crippen molar-refractivity contribution in [1.82, 2.24) is 0 Å². The van der Waals surface area contributed by atoms with Crippen molar-refractivity contribution in [2.45, 2.75) is 20.1 Å². The first-order valence-electron chi connectivity index (χ1n) is 8.49. The Kier molecular flexibility index (Phi) is 6.03. The molecule has 0 saturated carbocycles. The van der Waals surface area contributed by atoms with Crippen LogP contribution in [-0.4, -0.2) is 7.11 Å². The molecule has 26 heavy (non-hydrogen) atoms. The zero-order valence-corrected chi connectivity index (χ0v) is 15.7. The quantitative estimate of drug-likeness (QED) is 0.568. The Labute approximate surface area is 159 Å². The third kappa shape index (κ3) is 4.70. The van der Waals surface area contributed by atoms with E-state index in [1.807, 2.05) is 48.5 Å². The van der Waals surface area contributed by atoms with Gasteiger partial charge in [-0.25, -0.2) is 0 Å². The molecule has 0 bridgehead atoms. The summed E-state index contributed by atoms with van der Waals surface area (Å²) in [6, 6.07) is 21.9. The number of methoxy groups -OCH3 is 1. The molecule has 0 radical (unpaired) electrons. The number of halogens is 1. The van der Waals surface area contributed by atoms with E-state index in [1.165, 1.54) is 5.56 Å². The van der Waals surface area contributed by atoms with E-state index < -0.39 is 0 Å². The van der Waals surface area contributed by atoms with Gasteiger partial charge in [0.15, 0.2) is 11.5 Å². The summed E-state index contributed by atoms with van der Waals surface area (Å²) in [7, 11) is 1.66. The van der Waals surface area contributed by atoms with Gasteiger partial charge in [-0.1, -0.05) is 53.6 Å². The van der Waals surface area contributed by atoms with Crippen molar-refractivity contribution in [3.8, 4) is 11.5 Å². The van der Waals surface area contributed by atoms with E-state index in [0.717, 1.165) is 33.3 Å². The summed E-state index contributed by atoms with van der Waals surface area (Å²) in [5.41, 5.74) is 4.39. The van der Waals surface area contributed by atoms with Crippen LogP contribution >= 0.6 is 11.6 Å². The molecular formula is C22H22ClNO2. The SMILES string of the molecule is COc1cccc(CNc2ccc(Cl)cc2)c1OCc1cccc(C)c1. The maximum Gasteiger partial charge on any atom is 0.166 e. The van der Waals surface area contributed by atoms with Crippen molar-refractivity contribution in [2.75, 3.05) is 12.4 Å². The number of aryl methyl sites for hydroxylation is 1. The summed E-state index contributed by atoms with van der Waals surface area (Å²) < 4.78 is 11.6. The maximum atomic E-state index is 6.12. The molecular weight excluding hydrogens is 346 g/mol. The van der Waals surface area contributed by atoms with Gasteiger partial charge in [0.2, 0.25) is 0 Å². The van der Waals surface area contributed by atoms with Gasteiger partial charge in [-0.05, 0) is 42.8 Å². The Morgan fingerprint density at radius 3 is 2.46 bits per heavy atom. The van der Waals surface area contributed by atoms with Gasteiger partial charge in [-0.2, -0.15) is 0 Å². The Balaban J connectivity index is 1.75. The Hall–Kier alpha value is -2.65. The highest BCUT2D eigenvalue weighted by Gasteiger charge is 2.11. The van der Waals surface area contributed by atoms with Crippen LogP contribution in [0.1, 0.15) is 16.7 Å². The molecule has 3 rings (SSSR count). The van der Waals surface area contributed by atoms with Crippen LogP contribution in [0.3, 0.4) is 0 Å². The van der Waals surface area contributed by atoms with Gasteiger partial charge in [-0.3, -0.25) is 0 Å². The average molecular weight is 368 g/mol. The molecule has 1 N–H and O–H groups in total. The predicted octanol–water partition coefficient (Wildman–Crippen LogP) is 5.85. The van der Waals surface area contributed by atoms with Crippen molar-refractivity contribution in [3.05, 3.63) is 88.4 Å². The third-order valence-electron chi connectivity index (χ3n) is 4.07. The Morgan fingerprint density at radius 1 is 0.962 bits per heavy atom. The van der Waals surface area contributed by atoms with Crippen molar-refractivity contribution < 1.29 is 9.47 Å². The first-order chi connectivity index (χ1) is 12.7. The molecule has 0 heterocycles. The number of benzene rings is 3. The monoisotopic (exact) mass is 367 g/mol. The van der Waals surface area contributed by atoms with Crippen molar-refractivity contribution in [3.63, 3.8) is 0 Å².